The molecule has 1 fully saturated rings. The second-order valence-electron chi connectivity index (χ2n) is 7.66. The number of hydrogen-bond donors (Lipinski definition) is 2. The molecule has 8 nitrogen and oxygen atoms in total. The van der Waals surface area contributed by atoms with E-state index in [2.05, 4.69) is 0 Å². The van der Waals surface area contributed by atoms with E-state index in [9.17, 15) is 21.6 Å². The maximum atomic E-state index is 12.9. The normalized spacial score (nSPS) is 15.8. The lowest BCUT2D eigenvalue weighted by Crippen LogP contribution is -2.37. The van der Waals surface area contributed by atoms with E-state index >= 15 is 0 Å². The summed E-state index contributed by atoms with van der Waals surface area (Å²) in [6.45, 7) is 0. The number of furan rings is 1. The number of fused-ring (bicyclic) bond motifs is 1. The molecule has 31 heavy (non-hydrogen) atoms. The molecule has 0 spiro atoms. The highest BCUT2D eigenvalue weighted by Gasteiger charge is 2.30. The van der Waals surface area contributed by atoms with Crippen molar-refractivity contribution in [3.05, 3.63) is 48.5 Å². The molecule has 0 saturated heterocycles. The minimum Gasteiger partial charge on any atom is -0.456 e. The summed E-state index contributed by atoms with van der Waals surface area (Å²) in [5, 5.41) is 6.13. The molecule has 1 aromatic heterocycles. The Labute approximate surface area is 180 Å². The van der Waals surface area contributed by atoms with Crippen LogP contribution in [0.4, 0.5) is 0 Å². The first-order valence-electron chi connectivity index (χ1n) is 9.88. The molecule has 1 heterocycles. The predicted octanol–water partition coefficient (Wildman–Crippen LogP) is 3.13. The number of hydrogen-bond acceptors (Lipinski definition) is 6. The lowest BCUT2D eigenvalue weighted by atomic mass is 9.89. The first-order valence-corrected chi connectivity index (χ1v) is 12.9. The maximum Gasteiger partial charge on any atom is 0.265 e. The second kappa shape index (κ2) is 8.10. The van der Waals surface area contributed by atoms with Gasteiger partial charge in [0.1, 0.15) is 21.1 Å². The van der Waals surface area contributed by atoms with Crippen molar-refractivity contribution in [1.82, 2.24) is 4.72 Å². The minimum atomic E-state index is -4.44. The Balaban J connectivity index is 1.72. The number of sulfonamides is 2. The summed E-state index contributed by atoms with van der Waals surface area (Å²) in [4.78, 5) is 11.3. The van der Waals surface area contributed by atoms with Gasteiger partial charge < -0.3 is 4.42 Å². The van der Waals surface area contributed by atoms with Gasteiger partial charge in [-0.3, -0.25) is 4.79 Å². The van der Waals surface area contributed by atoms with Gasteiger partial charge in [0.05, 0.1) is 0 Å². The highest BCUT2D eigenvalue weighted by molar-refractivity contribution is 7.92. The van der Waals surface area contributed by atoms with Crippen molar-refractivity contribution in [2.45, 2.75) is 41.9 Å². The summed E-state index contributed by atoms with van der Waals surface area (Å²) >= 11 is 0. The molecule has 0 unspecified atom stereocenters. The van der Waals surface area contributed by atoms with Crippen LogP contribution in [0.15, 0.2) is 62.7 Å². The number of nitrogens with one attached hydrogen (secondary N) is 1. The van der Waals surface area contributed by atoms with Gasteiger partial charge in [-0.05, 0) is 43.2 Å². The molecule has 1 aliphatic rings. The quantitative estimate of drug-likeness (QED) is 0.598. The number of rotatable bonds is 5. The number of carbonyl (C=O) groups excluding carboxylic acids is 1. The fourth-order valence-electron chi connectivity index (χ4n) is 3.87. The van der Waals surface area contributed by atoms with E-state index in [0.717, 1.165) is 36.8 Å². The number of amides is 1. The predicted molar refractivity (Wildman–Crippen MR) is 115 cm³/mol. The molecule has 0 atom stereocenters. The van der Waals surface area contributed by atoms with Crippen molar-refractivity contribution in [3.8, 4) is 11.3 Å². The molecule has 0 radical (unpaired) electrons. The number of primary sulfonamides is 1. The average molecular weight is 463 g/mol. The van der Waals surface area contributed by atoms with Crippen LogP contribution in [0.5, 0.6) is 0 Å². The molecule has 2 aromatic carbocycles. The van der Waals surface area contributed by atoms with Crippen LogP contribution in [0.3, 0.4) is 0 Å². The second-order valence-corrected chi connectivity index (χ2v) is 10.8. The SMILES string of the molecule is NS(=O)(=O)c1cc(-c2cc3ccccc3o2)ccc1S(=O)(=O)NC(=O)C1CCCCC1. The van der Waals surface area contributed by atoms with E-state index in [1.54, 1.807) is 18.2 Å². The van der Waals surface area contributed by atoms with Crippen LogP contribution in [0, 0.1) is 5.92 Å². The van der Waals surface area contributed by atoms with E-state index in [1.165, 1.54) is 6.07 Å². The summed E-state index contributed by atoms with van der Waals surface area (Å²) in [5.74, 6) is -0.668. The topological polar surface area (TPSA) is 137 Å². The summed E-state index contributed by atoms with van der Waals surface area (Å²) in [7, 11) is -8.85. The average Bonchev–Trinajstić information content (AvgIpc) is 3.17. The standard InChI is InChI=1S/C21H22N2O6S2/c22-30(25,26)20-13-16(18-12-15-8-4-5-9-17(15)29-18)10-11-19(20)31(27,28)23-21(24)14-6-2-1-3-7-14/h4-5,8-14H,1-3,6-7H2,(H,23,24)(H2,22,25,26). The van der Waals surface area contributed by atoms with Crippen molar-refractivity contribution >= 4 is 36.9 Å². The third-order valence-corrected chi connectivity index (χ3v) is 7.95. The summed E-state index contributed by atoms with van der Waals surface area (Å²) in [6.07, 6.45) is 3.93. The zero-order valence-electron chi connectivity index (χ0n) is 16.6. The van der Waals surface area contributed by atoms with Gasteiger partial charge >= 0.3 is 0 Å². The summed E-state index contributed by atoms with van der Waals surface area (Å²) < 4.78 is 57.9. The molecule has 3 N–H and O–H groups in total. The summed E-state index contributed by atoms with van der Waals surface area (Å²) in [5.41, 5.74) is 0.948. The molecular weight excluding hydrogens is 440 g/mol. The fraction of sp³-hybridized carbons (Fsp3) is 0.286. The molecule has 3 aromatic rings. The van der Waals surface area contributed by atoms with Crippen molar-refractivity contribution in [3.63, 3.8) is 0 Å². The van der Waals surface area contributed by atoms with Crippen molar-refractivity contribution in [1.29, 1.82) is 0 Å². The first-order chi connectivity index (χ1) is 14.6. The van der Waals surface area contributed by atoms with Crippen LogP contribution in [-0.2, 0) is 24.8 Å². The Morgan fingerprint density at radius 1 is 0.935 bits per heavy atom. The van der Waals surface area contributed by atoms with Crippen LogP contribution < -0.4 is 9.86 Å². The Morgan fingerprint density at radius 3 is 2.32 bits per heavy atom. The molecule has 0 bridgehead atoms. The number of benzene rings is 2. The molecule has 10 heteroatoms. The van der Waals surface area contributed by atoms with Crippen LogP contribution in [0.2, 0.25) is 0 Å². The third-order valence-electron chi connectivity index (χ3n) is 5.46. The van der Waals surface area contributed by atoms with Gasteiger partial charge in [0.2, 0.25) is 15.9 Å². The molecule has 4 rings (SSSR count). The van der Waals surface area contributed by atoms with Crippen molar-refractivity contribution < 1.29 is 26.0 Å². The van der Waals surface area contributed by atoms with E-state index in [1.807, 2.05) is 16.9 Å². The monoisotopic (exact) mass is 462 g/mol. The highest BCUT2D eigenvalue weighted by Crippen LogP contribution is 2.32. The van der Waals surface area contributed by atoms with Gasteiger partial charge in [-0.2, -0.15) is 0 Å². The minimum absolute atomic E-state index is 0.345. The summed E-state index contributed by atoms with van der Waals surface area (Å²) in [6, 6.07) is 12.6. The molecule has 1 saturated carbocycles. The van der Waals surface area contributed by atoms with Gasteiger partial charge in [0.25, 0.3) is 10.0 Å². The first kappa shape index (κ1) is 21.5. The van der Waals surface area contributed by atoms with Gasteiger partial charge in [-0.15, -0.1) is 0 Å². The van der Waals surface area contributed by atoms with Crippen LogP contribution in [-0.4, -0.2) is 22.7 Å². The van der Waals surface area contributed by atoms with E-state index in [4.69, 9.17) is 9.56 Å². The third kappa shape index (κ3) is 4.51. The Kier molecular flexibility index (Phi) is 5.63. The van der Waals surface area contributed by atoms with Gasteiger partial charge in [-0.25, -0.2) is 26.7 Å². The van der Waals surface area contributed by atoms with Crippen LogP contribution >= 0.6 is 0 Å². The molecular formula is C21H22N2O6S2. The maximum absolute atomic E-state index is 12.9. The molecule has 164 valence electrons. The van der Waals surface area contributed by atoms with Gasteiger partial charge in [0.15, 0.2) is 0 Å². The molecule has 1 amide bonds. The van der Waals surface area contributed by atoms with E-state index < -0.39 is 41.7 Å². The zero-order chi connectivity index (χ0) is 22.2. The smallest absolute Gasteiger partial charge is 0.265 e. The van der Waals surface area contributed by atoms with Crippen LogP contribution in [0.1, 0.15) is 32.1 Å². The fourth-order valence-corrected chi connectivity index (χ4v) is 6.30. The molecule has 1 aliphatic carbocycles. The Bertz CT molecular complexity index is 1320. The van der Waals surface area contributed by atoms with Crippen molar-refractivity contribution in [2.24, 2.45) is 11.1 Å². The van der Waals surface area contributed by atoms with E-state index in [-0.39, 0.29) is 0 Å². The zero-order valence-corrected chi connectivity index (χ0v) is 18.2. The van der Waals surface area contributed by atoms with Crippen molar-refractivity contribution in [2.75, 3.05) is 0 Å². The lowest BCUT2D eigenvalue weighted by Gasteiger charge is -2.21. The van der Waals surface area contributed by atoms with Gasteiger partial charge in [0, 0.05) is 16.9 Å². The highest BCUT2D eigenvalue weighted by atomic mass is 32.2. The lowest BCUT2D eigenvalue weighted by molar-refractivity contribution is -0.124. The van der Waals surface area contributed by atoms with E-state index in [0.29, 0.717) is 29.7 Å². The van der Waals surface area contributed by atoms with Gasteiger partial charge in [-0.1, -0.05) is 37.5 Å². The van der Waals surface area contributed by atoms with Crippen LogP contribution in [0.25, 0.3) is 22.3 Å². The number of para-hydroxylation sites is 1. The number of nitrogens with two attached hydrogens (primary N) is 1. The Morgan fingerprint density at radius 2 is 1.65 bits per heavy atom. The largest absolute Gasteiger partial charge is 0.456 e. The molecule has 0 aliphatic heterocycles. The number of carbonyl (C=O) groups is 1. The Hall–Kier alpha value is -2.69.